The smallest absolute Gasteiger partial charge is 0.309 e. The molecule has 0 aliphatic carbocycles. The van der Waals surface area contributed by atoms with Gasteiger partial charge in [-0.05, 0) is 20.3 Å². The van der Waals surface area contributed by atoms with Crippen LogP contribution in [-0.2, 0) is 9.53 Å². The maximum atomic E-state index is 10.6. The molecule has 0 aromatic carbocycles. The van der Waals surface area contributed by atoms with Gasteiger partial charge in [0.2, 0.25) is 0 Å². The van der Waals surface area contributed by atoms with Gasteiger partial charge in [-0.3, -0.25) is 4.79 Å². The minimum absolute atomic E-state index is 0.0699. The zero-order valence-electron chi connectivity index (χ0n) is 9.12. The van der Waals surface area contributed by atoms with E-state index in [9.17, 15) is 9.90 Å². The van der Waals surface area contributed by atoms with Crippen LogP contribution in [0.4, 0.5) is 0 Å². The average molecular weight is 204 g/mol. The molecular formula is C10H20O4. The summed E-state index contributed by atoms with van der Waals surface area (Å²) >= 11 is 0. The summed E-state index contributed by atoms with van der Waals surface area (Å²) in [6, 6.07) is 0. The molecule has 2 atom stereocenters. The highest BCUT2D eigenvalue weighted by molar-refractivity contribution is 5.70. The molecule has 0 spiro atoms. The molecule has 0 bridgehead atoms. The summed E-state index contributed by atoms with van der Waals surface area (Å²) in [7, 11) is 0. The molecule has 0 saturated heterocycles. The molecule has 0 fully saturated rings. The minimum atomic E-state index is -1.29. The van der Waals surface area contributed by atoms with Crippen LogP contribution in [0.1, 0.15) is 33.6 Å². The molecule has 0 heterocycles. The molecule has 0 aromatic heterocycles. The summed E-state index contributed by atoms with van der Waals surface area (Å²) in [4.78, 5) is 10.6. The first-order valence-electron chi connectivity index (χ1n) is 4.94. The summed E-state index contributed by atoms with van der Waals surface area (Å²) in [6.07, 6.45) is 1.95. The first kappa shape index (κ1) is 13.4. The Balaban J connectivity index is 3.88. The number of carboxylic acid groups (broad SMARTS) is 1. The van der Waals surface area contributed by atoms with Gasteiger partial charge in [0.15, 0.2) is 0 Å². The summed E-state index contributed by atoms with van der Waals surface area (Å²) in [5.41, 5.74) is -1.29. The normalized spacial score (nSPS) is 17.4. The van der Waals surface area contributed by atoms with Crippen LogP contribution in [-0.4, -0.2) is 35.0 Å². The average Bonchev–Trinajstić information content (AvgIpc) is 2.11. The molecule has 0 aromatic rings. The van der Waals surface area contributed by atoms with Gasteiger partial charge in [-0.1, -0.05) is 13.3 Å². The Bertz CT molecular complexity index is 177. The molecule has 0 rings (SSSR count). The highest BCUT2D eigenvalue weighted by Gasteiger charge is 2.33. The second-order valence-corrected chi connectivity index (χ2v) is 3.82. The van der Waals surface area contributed by atoms with Crippen molar-refractivity contribution in [2.75, 3.05) is 13.2 Å². The fraction of sp³-hybridized carbons (Fsp3) is 0.900. The van der Waals surface area contributed by atoms with E-state index in [0.717, 1.165) is 12.8 Å². The fourth-order valence-electron chi connectivity index (χ4n) is 0.916. The standard InChI is InChI=1S/C10H20O4/c1-4-5-6-14-7-10(3,13)8(2)9(11)12/h8,13H,4-7H2,1-3H3,(H,11,12)/t8-,10?/m1/s1. The molecule has 1 unspecified atom stereocenters. The van der Waals surface area contributed by atoms with Crippen LogP contribution < -0.4 is 0 Å². The Hall–Kier alpha value is -0.610. The summed E-state index contributed by atoms with van der Waals surface area (Å²) < 4.78 is 5.20. The third kappa shape index (κ3) is 4.58. The van der Waals surface area contributed by atoms with Crippen molar-refractivity contribution in [2.45, 2.75) is 39.2 Å². The topological polar surface area (TPSA) is 66.8 Å². The van der Waals surface area contributed by atoms with Crippen molar-refractivity contribution >= 4 is 5.97 Å². The summed E-state index contributed by atoms with van der Waals surface area (Å²) in [6.45, 7) is 5.64. The van der Waals surface area contributed by atoms with Crippen LogP contribution >= 0.6 is 0 Å². The van der Waals surface area contributed by atoms with Crippen molar-refractivity contribution in [1.29, 1.82) is 0 Å². The number of aliphatic carboxylic acids is 1. The highest BCUT2D eigenvalue weighted by atomic mass is 16.5. The summed E-state index contributed by atoms with van der Waals surface area (Å²) in [5, 5.41) is 18.5. The Labute approximate surface area is 84.9 Å². The first-order chi connectivity index (χ1) is 6.41. The van der Waals surface area contributed by atoms with Gasteiger partial charge in [0.05, 0.1) is 18.1 Å². The van der Waals surface area contributed by atoms with E-state index in [4.69, 9.17) is 9.84 Å². The van der Waals surface area contributed by atoms with Crippen LogP contribution in [0.25, 0.3) is 0 Å². The van der Waals surface area contributed by atoms with Crippen molar-refractivity contribution in [3.8, 4) is 0 Å². The molecular weight excluding hydrogens is 184 g/mol. The SMILES string of the molecule is CCCCOCC(C)(O)[C@H](C)C(=O)O. The van der Waals surface area contributed by atoms with E-state index >= 15 is 0 Å². The zero-order valence-corrected chi connectivity index (χ0v) is 9.12. The molecule has 0 amide bonds. The quantitative estimate of drug-likeness (QED) is 0.613. The van der Waals surface area contributed by atoms with Gasteiger partial charge >= 0.3 is 5.97 Å². The number of hydrogen-bond donors (Lipinski definition) is 2. The van der Waals surface area contributed by atoms with Crippen LogP contribution in [0, 0.1) is 5.92 Å². The lowest BCUT2D eigenvalue weighted by Gasteiger charge is -2.26. The zero-order chi connectivity index (χ0) is 11.2. The Morgan fingerprint density at radius 2 is 2.14 bits per heavy atom. The van der Waals surface area contributed by atoms with Gasteiger partial charge in [0, 0.05) is 6.61 Å². The predicted octanol–water partition coefficient (Wildman–Crippen LogP) is 1.27. The van der Waals surface area contributed by atoms with Crippen molar-refractivity contribution < 1.29 is 19.7 Å². The molecule has 0 aliphatic heterocycles. The third-order valence-corrected chi connectivity index (χ3v) is 2.34. The molecule has 84 valence electrons. The van der Waals surface area contributed by atoms with Gasteiger partial charge in [0.25, 0.3) is 0 Å². The van der Waals surface area contributed by atoms with E-state index in [-0.39, 0.29) is 6.61 Å². The van der Waals surface area contributed by atoms with E-state index in [1.54, 1.807) is 0 Å². The molecule has 14 heavy (non-hydrogen) atoms. The van der Waals surface area contributed by atoms with Crippen LogP contribution in [0.5, 0.6) is 0 Å². The third-order valence-electron chi connectivity index (χ3n) is 2.34. The number of carbonyl (C=O) groups is 1. The van der Waals surface area contributed by atoms with Crippen molar-refractivity contribution in [3.05, 3.63) is 0 Å². The van der Waals surface area contributed by atoms with E-state index in [2.05, 4.69) is 0 Å². The number of unbranched alkanes of at least 4 members (excludes halogenated alkanes) is 1. The number of aliphatic hydroxyl groups is 1. The van der Waals surface area contributed by atoms with Gasteiger partial charge in [-0.15, -0.1) is 0 Å². The first-order valence-corrected chi connectivity index (χ1v) is 4.94. The monoisotopic (exact) mass is 204 g/mol. The molecule has 4 heteroatoms. The molecule has 4 nitrogen and oxygen atoms in total. The van der Waals surface area contributed by atoms with Gasteiger partial charge < -0.3 is 14.9 Å². The van der Waals surface area contributed by atoms with Crippen LogP contribution in [0.3, 0.4) is 0 Å². The number of carboxylic acids is 1. The number of hydrogen-bond acceptors (Lipinski definition) is 3. The fourth-order valence-corrected chi connectivity index (χ4v) is 0.916. The Kier molecular flexibility index (Phi) is 5.72. The van der Waals surface area contributed by atoms with E-state index in [0.29, 0.717) is 6.61 Å². The van der Waals surface area contributed by atoms with Gasteiger partial charge in [-0.2, -0.15) is 0 Å². The molecule has 0 saturated carbocycles. The maximum Gasteiger partial charge on any atom is 0.309 e. The van der Waals surface area contributed by atoms with Crippen molar-refractivity contribution in [2.24, 2.45) is 5.92 Å². The Morgan fingerprint density at radius 3 is 2.57 bits per heavy atom. The summed E-state index contributed by atoms with van der Waals surface area (Å²) in [5.74, 6) is -1.82. The lowest BCUT2D eigenvalue weighted by Crippen LogP contribution is -2.42. The molecule has 2 N–H and O–H groups in total. The highest BCUT2D eigenvalue weighted by Crippen LogP contribution is 2.17. The predicted molar refractivity (Wildman–Crippen MR) is 53.2 cm³/mol. The lowest BCUT2D eigenvalue weighted by atomic mass is 9.92. The van der Waals surface area contributed by atoms with E-state index in [1.807, 2.05) is 6.92 Å². The van der Waals surface area contributed by atoms with Crippen molar-refractivity contribution in [3.63, 3.8) is 0 Å². The number of rotatable bonds is 7. The maximum absolute atomic E-state index is 10.6. The Morgan fingerprint density at radius 1 is 1.57 bits per heavy atom. The second kappa shape index (κ2) is 5.98. The van der Waals surface area contributed by atoms with E-state index < -0.39 is 17.5 Å². The lowest BCUT2D eigenvalue weighted by molar-refractivity contribution is -0.154. The largest absolute Gasteiger partial charge is 0.481 e. The van der Waals surface area contributed by atoms with Crippen LogP contribution in [0.15, 0.2) is 0 Å². The van der Waals surface area contributed by atoms with Gasteiger partial charge in [0.1, 0.15) is 0 Å². The number of ether oxygens (including phenoxy) is 1. The van der Waals surface area contributed by atoms with Gasteiger partial charge in [-0.25, -0.2) is 0 Å². The van der Waals surface area contributed by atoms with E-state index in [1.165, 1.54) is 13.8 Å². The minimum Gasteiger partial charge on any atom is -0.481 e. The van der Waals surface area contributed by atoms with Crippen LogP contribution in [0.2, 0.25) is 0 Å². The molecule has 0 aliphatic rings. The molecule has 0 radical (unpaired) electrons. The van der Waals surface area contributed by atoms with Crippen molar-refractivity contribution in [1.82, 2.24) is 0 Å². The second-order valence-electron chi connectivity index (χ2n) is 3.82.